The van der Waals surface area contributed by atoms with Crippen molar-refractivity contribution < 1.29 is 14.6 Å². The first kappa shape index (κ1) is 15.2. The Morgan fingerprint density at radius 1 is 1.44 bits per heavy atom. The minimum Gasteiger partial charge on any atom is -0.444 e. The first-order valence-electron chi connectivity index (χ1n) is 6.66. The quantitative estimate of drug-likeness (QED) is 0.801. The minimum atomic E-state index is -0.473. The molecule has 1 rings (SSSR count). The van der Waals surface area contributed by atoms with E-state index in [0.717, 1.165) is 19.3 Å². The Labute approximate surface area is 109 Å². The van der Waals surface area contributed by atoms with E-state index in [2.05, 4.69) is 0 Å². The van der Waals surface area contributed by atoms with Crippen molar-refractivity contribution in [2.24, 2.45) is 11.7 Å². The lowest BCUT2D eigenvalue weighted by Gasteiger charge is -2.37. The van der Waals surface area contributed by atoms with E-state index in [0.29, 0.717) is 19.0 Å². The van der Waals surface area contributed by atoms with Crippen LogP contribution in [0.3, 0.4) is 0 Å². The predicted octanol–water partition coefficient (Wildman–Crippen LogP) is 1.34. The van der Waals surface area contributed by atoms with Crippen molar-refractivity contribution in [3.63, 3.8) is 0 Å². The third kappa shape index (κ3) is 5.23. The van der Waals surface area contributed by atoms with Crippen molar-refractivity contribution in [1.82, 2.24) is 4.90 Å². The molecule has 0 aliphatic carbocycles. The molecule has 2 atom stereocenters. The molecular formula is C13H26N2O3. The van der Waals surface area contributed by atoms with Gasteiger partial charge in [0, 0.05) is 25.7 Å². The zero-order valence-corrected chi connectivity index (χ0v) is 11.7. The molecule has 106 valence electrons. The highest BCUT2D eigenvalue weighted by Crippen LogP contribution is 2.22. The molecule has 18 heavy (non-hydrogen) atoms. The normalized spacial score (nSPS) is 25.1. The summed E-state index contributed by atoms with van der Waals surface area (Å²) in [6.45, 7) is 7.01. The number of hydrogen-bond donors (Lipinski definition) is 2. The highest BCUT2D eigenvalue weighted by molar-refractivity contribution is 5.68. The molecule has 0 bridgehead atoms. The molecule has 1 fully saturated rings. The molecule has 0 aromatic carbocycles. The summed E-state index contributed by atoms with van der Waals surface area (Å²) >= 11 is 0. The number of likely N-dealkylation sites (tertiary alicyclic amines) is 1. The molecule has 0 spiro atoms. The zero-order valence-electron chi connectivity index (χ0n) is 11.7. The van der Waals surface area contributed by atoms with Crippen molar-refractivity contribution in [3.05, 3.63) is 0 Å². The largest absolute Gasteiger partial charge is 0.444 e. The molecule has 0 saturated carbocycles. The number of rotatable bonds is 3. The van der Waals surface area contributed by atoms with E-state index in [1.165, 1.54) is 0 Å². The predicted molar refractivity (Wildman–Crippen MR) is 70.2 cm³/mol. The fourth-order valence-electron chi connectivity index (χ4n) is 2.31. The van der Waals surface area contributed by atoms with Crippen LogP contribution in [0.1, 0.15) is 40.0 Å². The standard InChI is InChI=1S/C13H26N2O3/c1-13(2,3)18-12(17)15-8-10(5-4-6-16)7-11(14)9-15/h10-11,16H,4-9,14H2,1-3H3. The van der Waals surface area contributed by atoms with E-state index in [1.807, 2.05) is 20.8 Å². The topological polar surface area (TPSA) is 75.8 Å². The van der Waals surface area contributed by atoms with Crippen LogP contribution in [0, 0.1) is 5.92 Å². The van der Waals surface area contributed by atoms with Crippen LogP contribution in [-0.2, 0) is 4.74 Å². The van der Waals surface area contributed by atoms with Crippen molar-refractivity contribution >= 4 is 6.09 Å². The Morgan fingerprint density at radius 3 is 2.67 bits per heavy atom. The summed E-state index contributed by atoms with van der Waals surface area (Å²) in [6.07, 6.45) is 2.30. The second-order valence-corrected chi connectivity index (χ2v) is 6.11. The molecule has 1 aliphatic heterocycles. The smallest absolute Gasteiger partial charge is 0.410 e. The Hall–Kier alpha value is -0.810. The highest BCUT2D eigenvalue weighted by atomic mass is 16.6. The average Bonchev–Trinajstić information content (AvgIpc) is 2.23. The van der Waals surface area contributed by atoms with E-state index < -0.39 is 5.60 Å². The number of carbonyl (C=O) groups excluding carboxylic acids is 1. The van der Waals surface area contributed by atoms with Crippen LogP contribution in [0.15, 0.2) is 0 Å². The lowest BCUT2D eigenvalue weighted by Crippen LogP contribution is -2.50. The van der Waals surface area contributed by atoms with E-state index in [1.54, 1.807) is 4.90 Å². The molecule has 1 saturated heterocycles. The van der Waals surface area contributed by atoms with E-state index in [-0.39, 0.29) is 18.7 Å². The Kier molecular flexibility index (Phi) is 5.41. The fraction of sp³-hybridized carbons (Fsp3) is 0.923. The molecule has 0 aromatic heterocycles. The maximum Gasteiger partial charge on any atom is 0.410 e. The number of aliphatic hydroxyl groups is 1. The Balaban J connectivity index is 2.52. The number of nitrogens with zero attached hydrogens (tertiary/aromatic N) is 1. The number of carbonyl (C=O) groups is 1. The highest BCUT2D eigenvalue weighted by Gasteiger charge is 2.30. The number of piperidine rings is 1. The maximum absolute atomic E-state index is 12.0. The summed E-state index contributed by atoms with van der Waals surface area (Å²) in [5.41, 5.74) is 5.50. The van der Waals surface area contributed by atoms with Crippen molar-refractivity contribution in [1.29, 1.82) is 0 Å². The first-order valence-corrected chi connectivity index (χ1v) is 6.66. The second kappa shape index (κ2) is 6.38. The average molecular weight is 258 g/mol. The van der Waals surface area contributed by atoms with Gasteiger partial charge in [0.25, 0.3) is 0 Å². The van der Waals surface area contributed by atoms with Gasteiger partial charge in [-0.15, -0.1) is 0 Å². The van der Waals surface area contributed by atoms with Crippen LogP contribution in [0.2, 0.25) is 0 Å². The molecular weight excluding hydrogens is 232 g/mol. The zero-order chi connectivity index (χ0) is 13.8. The molecule has 1 aliphatic rings. The minimum absolute atomic E-state index is 0.00922. The summed E-state index contributed by atoms with van der Waals surface area (Å²) in [4.78, 5) is 13.7. The fourth-order valence-corrected chi connectivity index (χ4v) is 2.31. The van der Waals surface area contributed by atoms with Crippen LogP contribution in [0.25, 0.3) is 0 Å². The van der Waals surface area contributed by atoms with Crippen LogP contribution in [-0.4, -0.2) is 47.4 Å². The SMILES string of the molecule is CC(C)(C)OC(=O)N1CC(N)CC(CCCO)C1. The van der Waals surface area contributed by atoms with Gasteiger partial charge < -0.3 is 20.5 Å². The molecule has 0 aromatic rings. The first-order chi connectivity index (χ1) is 8.31. The van der Waals surface area contributed by atoms with Gasteiger partial charge >= 0.3 is 6.09 Å². The number of nitrogens with two attached hydrogens (primary N) is 1. The van der Waals surface area contributed by atoms with Gasteiger partial charge in [0.05, 0.1) is 0 Å². The van der Waals surface area contributed by atoms with Gasteiger partial charge in [-0.3, -0.25) is 0 Å². The monoisotopic (exact) mass is 258 g/mol. The third-order valence-corrected chi connectivity index (χ3v) is 2.99. The van der Waals surface area contributed by atoms with Gasteiger partial charge in [-0.05, 0) is 46.0 Å². The lowest BCUT2D eigenvalue weighted by molar-refractivity contribution is 0.0137. The summed E-state index contributed by atoms with van der Waals surface area (Å²) in [6, 6.07) is 0.00922. The van der Waals surface area contributed by atoms with E-state index in [9.17, 15) is 4.79 Å². The molecule has 3 N–H and O–H groups in total. The molecule has 1 heterocycles. The second-order valence-electron chi connectivity index (χ2n) is 6.11. The van der Waals surface area contributed by atoms with Crippen molar-refractivity contribution in [2.75, 3.05) is 19.7 Å². The Morgan fingerprint density at radius 2 is 2.11 bits per heavy atom. The van der Waals surface area contributed by atoms with E-state index >= 15 is 0 Å². The summed E-state index contributed by atoms with van der Waals surface area (Å²) in [5.74, 6) is 0.369. The van der Waals surface area contributed by atoms with Gasteiger partial charge in [0.15, 0.2) is 0 Å². The summed E-state index contributed by atoms with van der Waals surface area (Å²) < 4.78 is 5.36. The van der Waals surface area contributed by atoms with Crippen LogP contribution < -0.4 is 5.73 Å². The van der Waals surface area contributed by atoms with Crippen LogP contribution in [0.4, 0.5) is 4.79 Å². The lowest BCUT2D eigenvalue weighted by atomic mass is 9.91. The molecule has 5 heteroatoms. The number of amides is 1. The van der Waals surface area contributed by atoms with Gasteiger partial charge in [0.1, 0.15) is 5.60 Å². The van der Waals surface area contributed by atoms with Gasteiger partial charge in [-0.1, -0.05) is 0 Å². The van der Waals surface area contributed by atoms with Gasteiger partial charge in [-0.25, -0.2) is 4.79 Å². The number of hydrogen-bond acceptors (Lipinski definition) is 4. The van der Waals surface area contributed by atoms with Crippen LogP contribution >= 0.6 is 0 Å². The summed E-state index contributed by atoms with van der Waals surface area (Å²) in [5, 5.41) is 8.85. The van der Waals surface area contributed by atoms with E-state index in [4.69, 9.17) is 15.6 Å². The van der Waals surface area contributed by atoms with Crippen LogP contribution in [0.5, 0.6) is 0 Å². The molecule has 0 radical (unpaired) electrons. The number of ether oxygens (including phenoxy) is 1. The molecule has 5 nitrogen and oxygen atoms in total. The van der Waals surface area contributed by atoms with Crippen molar-refractivity contribution in [2.45, 2.75) is 51.7 Å². The van der Waals surface area contributed by atoms with Gasteiger partial charge in [0.2, 0.25) is 0 Å². The maximum atomic E-state index is 12.0. The number of aliphatic hydroxyl groups excluding tert-OH is 1. The third-order valence-electron chi connectivity index (χ3n) is 2.99. The molecule has 2 unspecified atom stereocenters. The van der Waals surface area contributed by atoms with Crippen molar-refractivity contribution in [3.8, 4) is 0 Å². The molecule has 1 amide bonds. The Bertz CT molecular complexity index is 276. The van der Waals surface area contributed by atoms with Gasteiger partial charge in [-0.2, -0.15) is 0 Å². The summed E-state index contributed by atoms with van der Waals surface area (Å²) in [7, 11) is 0.